The van der Waals surface area contributed by atoms with E-state index >= 15 is 0 Å². The molecule has 2 aliphatic heterocycles. The number of likely N-dealkylation sites (tertiary alicyclic amines) is 2. The zero-order valence-corrected chi connectivity index (χ0v) is 17.3. The van der Waals surface area contributed by atoms with Crippen molar-refractivity contribution in [3.63, 3.8) is 0 Å². The number of halogens is 5. The van der Waals surface area contributed by atoms with Crippen LogP contribution < -0.4 is 10.6 Å². The Balaban J connectivity index is 1.47. The molecule has 0 aliphatic carbocycles. The van der Waals surface area contributed by atoms with Crippen molar-refractivity contribution >= 4 is 29.1 Å². The molecule has 2 fully saturated rings. The Morgan fingerprint density at radius 2 is 1.67 bits per heavy atom. The first-order valence-corrected chi connectivity index (χ1v) is 9.84. The number of carbonyl (C=O) groups excluding carboxylic acids is 2. The Hall–Kier alpha value is -1.91. The number of hydrogen-bond acceptors (Lipinski definition) is 4. The zero-order valence-electron chi connectivity index (χ0n) is 16.5. The molecular formula is C19H23ClF4N4O2. The molecule has 2 heterocycles. The SMILES string of the molecule is CC(C)(NC(=O)CN1CC2CC1CN2CC(=O)Nc1ccc(F)c(Cl)c1)C(F)(F)F. The third kappa shape index (κ3) is 5.04. The van der Waals surface area contributed by atoms with Crippen molar-refractivity contribution in [3.8, 4) is 0 Å². The van der Waals surface area contributed by atoms with Crippen molar-refractivity contribution in [1.29, 1.82) is 0 Å². The first-order chi connectivity index (χ1) is 13.9. The van der Waals surface area contributed by atoms with Crippen molar-refractivity contribution in [3.05, 3.63) is 29.0 Å². The van der Waals surface area contributed by atoms with Crippen LogP contribution in [0.2, 0.25) is 5.02 Å². The summed E-state index contributed by atoms with van der Waals surface area (Å²) in [6.45, 7) is 2.90. The van der Waals surface area contributed by atoms with Crippen LogP contribution in [0.4, 0.5) is 23.2 Å². The fourth-order valence-electron chi connectivity index (χ4n) is 3.82. The number of fused-ring (bicyclic) bond motifs is 2. The number of anilines is 1. The highest BCUT2D eigenvalue weighted by molar-refractivity contribution is 6.31. The molecule has 2 aliphatic rings. The molecule has 2 atom stereocenters. The highest BCUT2D eigenvalue weighted by Crippen LogP contribution is 2.32. The van der Waals surface area contributed by atoms with Crippen LogP contribution in [0.15, 0.2) is 18.2 Å². The van der Waals surface area contributed by atoms with Crippen molar-refractivity contribution in [2.24, 2.45) is 0 Å². The van der Waals surface area contributed by atoms with Crippen molar-refractivity contribution in [2.45, 2.75) is 44.1 Å². The Kier molecular flexibility index (Phi) is 6.31. The van der Waals surface area contributed by atoms with E-state index in [1.807, 2.05) is 15.1 Å². The minimum Gasteiger partial charge on any atom is -0.341 e. The number of piperazine rings is 1. The van der Waals surface area contributed by atoms with Gasteiger partial charge in [0.25, 0.3) is 0 Å². The van der Waals surface area contributed by atoms with Crippen LogP contribution in [0, 0.1) is 5.82 Å². The second-order valence-corrected chi connectivity index (χ2v) is 8.66. The summed E-state index contributed by atoms with van der Waals surface area (Å²) < 4.78 is 52.0. The first kappa shape index (κ1) is 22.8. The minimum absolute atomic E-state index is 0.00261. The van der Waals surface area contributed by atoms with Crippen LogP contribution in [0.25, 0.3) is 0 Å². The van der Waals surface area contributed by atoms with Gasteiger partial charge in [0.2, 0.25) is 11.8 Å². The van der Waals surface area contributed by atoms with Gasteiger partial charge in [0.05, 0.1) is 18.1 Å². The van der Waals surface area contributed by atoms with Gasteiger partial charge in [-0.25, -0.2) is 4.39 Å². The summed E-state index contributed by atoms with van der Waals surface area (Å²) in [4.78, 5) is 28.2. The van der Waals surface area contributed by atoms with E-state index in [4.69, 9.17) is 11.6 Å². The maximum absolute atomic E-state index is 13.2. The second-order valence-electron chi connectivity index (χ2n) is 8.25. The van der Waals surface area contributed by atoms with Crippen molar-refractivity contribution in [2.75, 3.05) is 31.5 Å². The van der Waals surface area contributed by atoms with Crippen LogP contribution in [-0.2, 0) is 9.59 Å². The maximum Gasteiger partial charge on any atom is 0.410 e. The Labute approximate surface area is 176 Å². The quantitative estimate of drug-likeness (QED) is 0.654. The van der Waals surface area contributed by atoms with Crippen LogP contribution in [0.1, 0.15) is 20.3 Å². The summed E-state index contributed by atoms with van der Waals surface area (Å²) in [6.07, 6.45) is -3.79. The summed E-state index contributed by atoms with van der Waals surface area (Å²) in [7, 11) is 0. The van der Waals surface area contributed by atoms with E-state index in [0.29, 0.717) is 18.8 Å². The molecule has 11 heteroatoms. The molecule has 30 heavy (non-hydrogen) atoms. The standard InChI is InChI=1S/C19H23ClF4N4O2/c1-18(2,19(22,23)24)26-17(30)10-28-8-12-6-13(28)7-27(12)9-16(29)25-11-3-4-15(21)14(20)5-11/h3-5,12-13H,6-10H2,1-2H3,(H,25,29)(H,26,30). The number of nitrogens with zero attached hydrogens (tertiary/aromatic N) is 2. The van der Waals surface area contributed by atoms with E-state index in [1.54, 1.807) is 0 Å². The van der Waals surface area contributed by atoms with Gasteiger partial charge in [0.1, 0.15) is 11.4 Å². The molecule has 0 aromatic heterocycles. The second kappa shape index (κ2) is 8.32. The number of rotatable bonds is 6. The van der Waals surface area contributed by atoms with Crippen LogP contribution in [0.3, 0.4) is 0 Å². The van der Waals surface area contributed by atoms with Gasteiger partial charge in [-0.15, -0.1) is 0 Å². The summed E-state index contributed by atoms with van der Waals surface area (Å²) in [5.74, 6) is -1.53. The van der Waals surface area contributed by atoms with Gasteiger partial charge < -0.3 is 10.6 Å². The van der Waals surface area contributed by atoms with Gasteiger partial charge in [-0.3, -0.25) is 19.4 Å². The lowest BCUT2D eigenvalue weighted by atomic mass is 10.1. The number of amides is 2. The van der Waals surface area contributed by atoms with Crippen LogP contribution >= 0.6 is 11.6 Å². The third-order valence-electron chi connectivity index (χ3n) is 5.52. The normalized spacial score (nSPS) is 22.4. The zero-order chi connectivity index (χ0) is 22.3. The lowest BCUT2D eigenvalue weighted by molar-refractivity contribution is -0.188. The molecule has 0 radical (unpaired) electrons. The molecule has 2 amide bonds. The third-order valence-corrected chi connectivity index (χ3v) is 5.81. The van der Waals surface area contributed by atoms with Gasteiger partial charge in [-0.05, 0) is 38.5 Å². The van der Waals surface area contributed by atoms with E-state index in [0.717, 1.165) is 20.3 Å². The largest absolute Gasteiger partial charge is 0.410 e. The molecule has 2 bridgehead atoms. The molecule has 6 nitrogen and oxygen atoms in total. The molecule has 2 saturated heterocycles. The molecule has 166 valence electrons. The molecular weight excluding hydrogens is 428 g/mol. The summed E-state index contributed by atoms with van der Waals surface area (Å²) in [5.41, 5.74) is -1.91. The number of hydrogen-bond donors (Lipinski definition) is 2. The summed E-state index contributed by atoms with van der Waals surface area (Å²) >= 11 is 5.70. The Bertz CT molecular complexity index is 833. The van der Waals surface area contributed by atoms with Crippen molar-refractivity contribution in [1.82, 2.24) is 15.1 Å². The molecule has 3 rings (SSSR count). The van der Waals surface area contributed by atoms with Gasteiger partial charge in [0, 0.05) is 30.9 Å². The van der Waals surface area contributed by atoms with Crippen LogP contribution in [-0.4, -0.2) is 71.6 Å². The van der Waals surface area contributed by atoms with Crippen molar-refractivity contribution < 1.29 is 27.2 Å². The average Bonchev–Trinajstić information content (AvgIpc) is 3.16. The fourth-order valence-corrected chi connectivity index (χ4v) is 4.00. The highest BCUT2D eigenvalue weighted by Gasteiger charge is 2.49. The number of alkyl halides is 3. The highest BCUT2D eigenvalue weighted by atomic mass is 35.5. The lowest BCUT2D eigenvalue weighted by Crippen LogP contribution is -2.57. The van der Waals surface area contributed by atoms with E-state index in [-0.39, 0.29) is 36.1 Å². The molecule has 1 aromatic carbocycles. The monoisotopic (exact) mass is 450 g/mol. The van der Waals surface area contributed by atoms with E-state index in [2.05, 4.69) is 5.32 Å². The van der Waals surface area contributed by atoms with Crippen LogP contribution in [0.5, 0.6) is 0 Å². The molecule has 0 spiro atoms. The first-order valence-electron chi connectivity index (χ1n) is 9.46. The average molecular weight is 451 g/mol. The Morgan fingerprint density at radius 1 is 1.10 bits per heavy atom. The predicted molar refractivity (Wildman–Crippen MR) is 104 cm³/mol. The number of nitrogens with one attached hydrogen (secondary N) is 2. The van der Waals surface area contributed by atoms with Gasteiger partial charge in [-0.2, -0.15) is 13.2 Å². The maximum atomic E-state index is 13.2. The molecule has 2 unspecified atom stereocenters. The van der Waals surface area contributed by atoms with Gasteiger partial charge >= 0.3 is 6.18 Å². The number of benzene rings is 1. The molecule has 0 saturated carbocycles. The van der Waals surface area contributed by atoms with Gasteiger partial charge in [0.15, 0.2) is 0 Å². The Morgan fingerprint density at radius 3 is 2.17 bits per heavy atom. The van der Waals surface area contributed by atoms with E-state index < -0.39 is 23.4 Å². The predicted octanol–water partition coefficient (Wildman–Crippen LogP) is 2.63. The topological polar surface area (TPSA) is 64.7 Å². The smallest absolute Gasteiger partial charge is 0.341 e. The van der Waals surface area contributed by atoms with Gasteiger partial charge in [-0.1, -0.05) is 11.6 Å². The summed E-state index contributed by atoms with van der Waals surface area (Å²) in [6, 6.07) is 3.95. The van der Waals surface area contributed by atoms with E-state index in [1.165, 1.54) is 18.2 Å². The lowest BCUT2D eigenvalue weighted by Gasteiger charge is -2.34. The summed E-state index contributed by atoms with van der Waals surface area (Å²) in [5, 5.41) is 4.62. The number of carbonyl (C=O) groups is 2. The minimum atomic E-state index is -4.54. The molecule has 1 aromatic rings. The fraction of sp³-hybridized carbons (Fsp3) is 0.579. The van der Waals surface area contributed by atoms with E-state index in [9.17, 15) is 27.2 Å². The molecule has 2 N–H and O–H groups in total.